The van der Waals surface area contributed by atoms with Crippen LogP contribution < -0.4 is 10.6 Å². The molecule has 2 N–H and O–H groups in total. The van der Waals surface area contributed by atoms with Crippen LogP contribution in [0.4, 0.5) is 5.69 Å². The third kappa shape index (κ3) is 5.99. The van der Waals surface area contributed by atoms with Gasteiger partial charge in [0.15, 0.2) is 0 Å². The fourth-order valence-electron chi connectivity index (χ4n) is 2.40. The Morgan fingerprint density at radius 3 is 2.41 bits per heavy atom. The predicted molar refractivity (Wildman–Crippen MR) is 100 cm³/mol. The molecular weight excluding hydrogens is 372 g/mol. The minimum absolute atomic E-state index is 0.0221. The molecule has 1 aromatic carbocycles. The van der Waals surface area contributed by atoms with Crippen LogP contribution in [0.15, 0.2) is 24.3 Å². The van der Waals surface area contributed by atoms with E-state index in [9.17, 15) is 19.2 Å². The lowest BCUT2D eigenvalue weighted by molar-refractivity contribution is -0.146. The van der Waals surface area contributed by atoms with Gasteiger partial charge in [0.2, 0.25) is 11.8 Å². The normalized spacial score (nSPS) is 19.0. The summed E-state index contributed by atoms with van der Waals surface area (Å²) in [6.45, 7) is 3.95. The molecule has 2 rings (SSSR count). The van der Waals surface area contributed by atoms with Crippen molar-refractivity contribution in [3.8, 4) is 0 Å². The zero-order chi connectivity index (χ0) is 19.8. The summed E-state index contributed by atoms with van der Waals surface area (Å²) in [5, 5.41) is 4.70. The van der Waals surface area contributed by atoms with Crippen molar-refractivity contribution >= 4 is 41.2 Å². The molecule has 2 amide bonds. The molecule has 27 heavy (non-hydrogen) atoms. The maximum atomic E-state index is 12.2. The third-order valence-electron chi connectivity index (χ3n) is 3.69. The highest BCUT2D eigenvalue weighted by molar-refractivity contribution is 8.00. The lowest BCUT2D eigenvalue weighted by atomic mass is 10.2. The zero-order valence-electron chi connectivity index (χ0n) is 15.2. The van der Waals surface area contributed by atoms with E-state index in [4.69, 9.17) is 9.47 Å². The molecule has 0 spiro atoms. The van der Waals surface area contributed by atoms with Gasteiger partial charge in [0.1, 0.15) is 6.04 Å². The number of nitrogens with one attached hydrogen (secondary N) is 2. The maximum Gasteiger partial charge on any atom is 0.338 e. The monoisotopic (exact) mass is 394 g/mol. The van der Waals surface area contributed by atoms with Crippen LogP contribution in [0.2, 0.25) is 0 Å². The van der Waals surface area contributed by atoms with E-state index in [0.717, 1.165) is 0 Å². The van der Waals surface area contributed by atoms with Crippen LogP contribution in [-0.2, 0) is 23.9 Å². The summed E-state index contributed by atoms with van der Waals surface area (Å²) in [7, 11) is 0. The van der Waals surface area contributed by atoms with Gasteiger partial charge in [-0.25, -0.2) is 9.59 Å². The third-order valence-corrected chi connectivity index (χ3v) is 5.00. The fourth-order valence-corrected chi connectivity index (χ4v) is 3.53. The number of esters is 2. The molecule has 0 saturated carbocycles. The van der Waals surface area contributed by atoms with Crippen molar-refractivity contribution in [1.29, 1.82) is 0 Å². The zero-order valence-corrected chi connectivity index (χ0v) is 16.0. The summed E-state index contributed by atoms with van der Waals surface area (Å²) in [5.74, 6) is -1.24. The van der Waals surface area contributed by atoms with E-state index in [-0.39, 0.29) is 31.4 Å². The van der Waals surface area contributed by atoms with Gasteiger partial charge in [-0.1, -0.05) is 0 Å². The van der Waals surface area contributed by atoms with Crippen LogP contribution in [0.3, 0.4) is 0 Å². The molecule has 8 nitrogen and oxygen atoms in total. The molecule has 0 bridgehead atoms. The van der Waals surface area contributed by atoms with Gasteiger partial charge >= 0.3 is 11.9 Å². The second kappa shape index (κ2) is 9.96. The van der Waals surface area contributed by atoms with Gasteiger partial charge in [-0.3, -0.25) is 9.59 Å². The first kappa shape index (κ1) is 20.8. The number of carbonyl (C=O) groups excluding carboxylic acids is 4. The summed E-state index contributed by atoms with van der Waals surface area (Å²) in [5.41, 5.74) is 0.903. The first-order valence-electron chi connectivity index (χ1n) is 8.60. The predicted octanol–water partition coefficient (Wildman–Crippen LogP) is 1.36. The van der Waals surface area contributed by atoms with Crippen LogP contribution in [0.1, 0.15) is 30.6 Å². The molecule has 1 aromatic rings. The summed E-state index contributed by atoms with van der Waals surface area (Å²) >= 11 is 1.25. The van der Waals surface area contributed by atoms with Crippen molar-refractivity contribution in [2.45, 2.75) is 31.6 Å². The van der Waals surface area contributed by atoms with Crippen LogP contribution >= 0.6 is 11.8 Å². The number of rotatable bonds is 7. The maximum absolute atomic E-state index is 12.2. The Morgan fingerprint density at radius 1 is 1.15 bits per heavy atom. The molecule has 1 heterocycles. The van der Waals surface area contributed by atoms with Crippen molar-refractivity contribution in [1.82, 2.24) is 5.32 Å². The van der Waals surface area contributed by atoms with E-state index in [1.807, 2.05) is 0 Å². The van der Waals surface area contributed by atoms with Crippen molar-refractivity contribution in [2.24, 2.45) is 0 Å². The molecule has 2 atom stereocenters. The first-order valence-corrected chi connectivity index (χ1v) is 9.65. The standard InChI is InChI=1S/C18H22N2O6S/c1-3-25-17(23)11-5-7-12(8-6-11)19-15(21)9-14-16(22)20-13(10-27-14)18(24)26-4-2/h5-8,13-14H,3-4,9-10H2,1-2H3,(H,19,21)(H,20,22)/t13-,14-/m1/s1. The molecule has 1 aliphatic heterocycles. The first-order chi connectivity index (χ1) is 12.9. The second-order valence-corrected chi connectivity index (χ2v) is 6.92. The lowest BCUT2D eigenvalue weighted by Crippen LogP contribution is -2.51. The van der Waals surface area contributed by atoms with Gasteiger partial charge in [-0.15, -0.1) is 11.8 Å². The van der Waals surface area contributed by atoms with Gasteiger partial charge < -0.3 is 20.1 Å². The Morgan fingerprint density at radius 2 is 1.81 bits per heavy atom. The Balaban J connectivity index is 1.84. The Labute approximate surface area is 161 Å². The van der Waals surface area contributed by atoms with E-state index in [0.29, 0.717) is 17.0 Å². The Hall–Kier alpha value is -2.55. The highest BCUT2D eigenvalue weighted by atomic mass is 32.2. The van der Waals surface area contributed by atoms with E-state index in [1.54, 1.807) is 38.1 Å². The minimum atomic E-state index is -0.683. The lowest BCUT2D eigenvalue weighted by Gasteiger charge is -2.27. The largest absolute Gasteiger partial charge is 0.464 e. The molecular formula is C18H22N2O6S. The van der Waals surface area contributed by atoms with Crippen LogP contribution in [0.5, 0.6) is 0 Å². The van der Waals surface area contributed by atoms with Crippen molar-refractivity contribution in [3.05, 3.63) is 29.8 Å². The summed E-state index contributed by atoms with van der Waals surface area (Å²) in [4.78, 5) is 47.6. The topological polar surface area (TPSA) is 111 Å². The molecule has 0 aliphatic carbocycles. The van der Waals surface area contributed by atoms with Gasteiger partial charge in [0.25, 0.3) is 0 Å². The van der Waals surface area contributed by atoms with Gasteiger partial charge in [-0.05, 0) is 38.1 Å². The van der Waals surface area contributed by atoms with Crippen LogP contribution in [0.25, 0.3) is 0 Å². The average Bonchev–Trinajstić information content (AvgIpc) is 2.64. The molecule has 0 radical (unpaired) electrons. The average molecular weight is 394 g/mol. The minimum Gasteiger partial charge on any atom is -0.464 e. The molecule has 9 heteroatoms. The summed E-state index contributed by atoms with van der Waals surface area (Å²) < 4.78 is 9.78. The Bertz CT molecular complexity index is 706. The number of amides is 2. The number of hydrogen-bond acceptors (Lipinski definition) is 7. The van der Waals surface area contributed by atoms with Gasteiger partial charge in [0, 0.05) is 17.9 Å². The molecule has 146 valence electrons. The number of benzene rings is 1. The van der Waals surface area contributed by atoms with Crippen LogP contribution in [-0.4, -0.2) is 54.0 Å². The molecule has 0 unspecified atom stereocenters. The fraction of sp³-hybridized carbons (Fsp3) is 0.444. The van der Waals surface area contributed by atoms with Crippen molar-refractivity contribution < 1.29 is 28.7 Å². The smallest absolute Gasteiger partial charge is 0.338 e. The molecule has 0 aromatic heterocycles. The van der Waals surface area contributed by atoms with Gasteiger partial charge in [-0.2, -0.15) is 0 Å². The SMILES string of the molecule is CCOC(=O)c1ccc(NC(=O)C[C@H]2SC[C@H](C(=O)OCC)NC2=O)cc1. The molecule has 1 saturated heterocycles. The highest BCUT2D eigenvalue weighted by Gasteiger charge is 2.34. The number of carbonyl (C=O) groups is 4. The number of anilines is 1. The second-order valence-electron chi connectivity index (χ2n) is 5.69. The highest BCUT2D eigenvalue weighted by Crippen LogP contribution is 2.22. The molecule has 1 aliphatic rings. The van der Waals surface area contributed by atoms with Crippen molar-refractivity contribution in [2.75, 3.05) is 24.3 Å². The van der Waals surface area contributed by atoms with Crippen molar-refractivity contribution in [3.63, 3.8) is 0 Å². The summed E-state index contributed by atoms with van der Waals surface area (Å²) in [6, 6.07) is 5.61. The summed E-state index contributed by atoms with van der Waals surface area (Å²) in [6.07, 6.45) is -0.0221. The van der Waals surface area contributed by atoms with E-state index < -0.39 is 23.2 Å². The van der Waals surface area contributed by atoms with Crippen LogP contribution in [0, 0.1) is 0 Å². The Kier molecular flexibility index (Phi) is 7.66. The van der Waals surface area contributed by atoms with E-state index in [1.165, 1.54) is 11.8 Å². The quantitative estimate of drug-likeness (QED) is 0.672. The number of ether oxygens (including phenoxy) is 2. The molecule has 1 fully saturated rings. The van der Waals surface area contributed by atoms with E-state index in [2.05, 4.69) is 10.6 Å². The van der Waals surface area contributed by atoms with E-state index >= 15 is 0 Å². The number of thioether (sulfide) groups is 1. The number of hydrogen-bond donors (Lipinski definition) is 2. The van der Waals surface area contributed by atoms with Gasteiger partial charge in [0.05, 0.1) is 24.0 Å².